The molecule has 0 unspecified atom stereocenters. The van der Waals surface area contributed by atoms with E-state index >= 15 is 0 Å². The van der Waals surface area contributed by atoms with Gasteiger partial charge in [0.15, 0.2) is 0 Å². The Balaban J connectivity index is 0.00000220. The zero-order valence-electron chi connectivity index (χ0n) is 12.7. The number of nitrogens with zero attached hydrogens (tertiary/aromatic N) is 1. The normalized spacial score (nSPS) is 15.4. The topological polar surface area (TPSA) is 32.3 Å². The molecule has 0 saturated carbocycles. The van der Waals surface area contributed by atoms with Crippen LogP contribution in [0.2, 0.25) is 5.02 Å². The quantitative estimate of drug-likeness (QED) is 0.910. The molecule has 1 fully saturated rings. The number of amides is 1. The Kier molecular flexibility index (Phi) is 7.50. The summed E-state index contributed by atoms with van der Waals surface area (Å²) in [5.41, 5.74) is 1.90. The van der Waals surface area contributed by atoms with Crippen LogP contribution in [-0.4, -0.2) is 26.0 Å². The number of carbonyl (C=O) groups excluding carboxylic acids is 1. The van der Waals surface area contributed by atoms with E-state index in [9.17, 15) is 4.79 Å². The summed E-state index contributed by atoms with van der Waals surface area (Å²) in [5.74, 6) is 0.860. The van der Waals surface area contributed by atoms with Gasteiger partial charge in [0.2, 0.25) is 5.91 Å². The number of piperidine rings is 1. The molecule has 5 heteroatoms. The maximum atomic E-state index is 12.2. The van der Waals surface area contributed by atoms with Crippen LogP contribution in [-0.2, 0) is 4.79 Å². The van der Waals surface area contributed by atoms with Gasteiger partial charge in [0.25, 0.3) is 0 Å². The van der Waals surface area contributed by atoms with Crippen molar-refractivity contribution < 1.29 is 4.79 Å². The lowest BCUT2D eigenvalue weighted by molar-refractivity contribution is -0.118. The molecule has 0 aliphatic carbocycles. The van der Waals surface area contributed by atoms with Crippen molar-refractivity contribution in [2.45, 2.75) is 32.6 Å². The van der Waals surface area contributed by atoms with E-state index in [1.165, 1.54) is 12.8 Å². The number of rotatable bonds is 4. The van der Waals surface area contributed by atoms with Crippen LogP contribution in [0.4, 0.5) is 5.69 Å². The van der Waals surface area contributed by atoms with E-state index < -0.39 is 0 Å². The van der Waals surface area contributed by atoms with Crippen molar-refractivity contribution in [1.82, 2.24) is 5.32 Å². The molecule has 1 aliphatic rings. The summed E-state index contributed by atoms with van der Waals surface area (Å²) in [6.45, 7) is 4.13. The number of benzene rings is 1. The summed E-state index contributed by atoms with van der Waals surface area (Å²) in [5, 5.41) is 4.06. The molecule has 2 rings (SSSR count). The molecular formula is C16H24Cl2N2O. The van der Waals surface area contributed by atoms with Gasteiger partial charge in [0, 0.05) is 24.2 Å². The first-order chi connectivity index (χ1) is 9.58. The molecule has 1 N–H and O–H groups in total. The Morgan fingerprint density at radius 3 is 2.67 bits per heavy atom. The number of hydrogen-bond donors (Lipinski definition) is 1. The van der Waals surface area contributed by atoms with Crippen LogP contribution in [0.3, 0.4) is 0 Å². The van der Waals surface area contributed by atoms with Crippen LogP contribution in [0.1, 0.15) is 31.2 Å². The van der Waals surface area contributed by atoms with Crippen LogP contribution in [0.15, 0.2) is 18.2 Å². The van der Waals surface area contributed by atoms with Crippen molar-refractivity contribution in [2.24, 2.45) is 5.92 Å². The monoisotopic (exact) mass is 330 g/mol. The third-order valence-electron chi connectivity index (χ3n) is 4.14. The van der Waals surface area contributed by atoms with Crippen molar-refractivity contribution >= 4 is 35.6 Å². The first-order valence-electron chi connectivity index (χ1n) is 7.31. The number of hydrogen-bond acceptors (Lipinski definition) is 2. The lowest BCUT2D eigenvalue weighted by Crippen LogP contribution is -2.30. The zero-order valence-corrected chi connectivity index (χ0v) is 14.3. The Morgan fingerprint density at radius 1 is 1.38 bits per heavy atom. The fraction of sp³-hybridized carbons (Fsp3) is 0.562. The van der Waals surface area contributed by atoms with Crippen molar-refractivity contribution in [2.75, 3.05) is 25.0 Å². The van der Waals surface area contributed by atoms with E-state index in [-0.39, 0.29) is 18.3 Å². The summed E-state index contributed by atoms with van der Waals surface area (Å²) in [6.07, 6.45) is 3.98. The molecule has 3 nitrogen and oxygen atoms in total. The van der Waals surface area contributed by atoms with E-state index in [1.54, 1.807) is 4.90 Å². The molecule has 1 amide bonds. The molecule has 0 bridgehead atoms. The molecule has 118 valence electrons. The second-order valence-electron chi connectivity index (χ2n) is 5.62. The number of halogens is 2. The predicted octanol–water partition coefficient (Wildman–Crippen LogP) is 3.81. The van der Waals surface area contributed by atoms with Gasteiger partial charge in [-0.2, -0.15) is 0 Å². The lowest BCUT2D eigenvalue weighted by Gasteiger charge is -2.24. The van der Waals surface area contributed by atoms with Crippen molar-refractivity contribution in [3.63, 3.8) is 0 Å². The van der Waals surface area contributed by atoms with Crippen LogP contribution < -0.4 is 10.2 Å². The van der Waals surface area contributed by atoms with E-state index in [4.69, 9.17) is 11.6 Å². The SMILES string of the molecule is Cc1ccc(N(C)C(=O)CCC2CCNCC2)cc1Cl.Cl. The standard InChI is InChI=1S/C16H23ClN2O.ClH/c1-12-3-5-14(11-15(12)17)19(2)16(20)6-4-13-7-9-18-10-8-13;/h3,5,11,13,18H,4,6-10H2,1-2H3;1H. The van der Waals surface area contributed by atoms with Crippen molar-refractivity contribution in [3.8, 4) is 0 Å². The highest BCUT2D eigenvalue weighted by molar-refractivity contribution is 6.31. The molecular weight excluding hydrogens is 307 g/mol. The van der Waals surface area contributed by atoms with Gasteiger partial charge < -0.3 is 10.2 Å². The van der Waals surface area contributed by atoms with Crippen molar-refractivity contribution in [3.05, 3.63) is 28.8 Å². The summed E-state index contributed by atoms with van der Waals surface area (Å²) in [7, 11) is 1.83. The fourth-order valence-electron chi connectivity index (χ4n) is 2.60. The van der Waals surface area contributed by atoms with Crippen LogP contribution in [0, 0.1) is 12.8 Å². The van der Waals surface area contributed by atoms with Crippen molar-refractivity contribution in [1.29, 1.82) is 0 Å². The number of nitrogens with one attached hydrogen (secondary N) is 1. The maximum Gasteiger partial charge on any atom is 0.226 e. The van der Waals surface area contributed by atoms with Crippen LogP contribution in [0.25, 0.3) is 0 Å². The molecule has 0 radical (unpaired) electrons. The highest BCUT2D eigenvalue weighted by Gasteiger charge is 2.17. The minimum Gasteiger partial charge on any atom is -0.317 e. The molecule has 1 aromatic rings. The Labute approximate surface area is 138 Å². The molecule has 1 saturated heterocycles. The largest absolute Gasteiger partial charge is 0.317 e. The second kappa shape index (κ2) is 8.62. The van der Waals surface area contributed by atoms with E-state index in [0.717, 1.165) is 30.8 Å². The lowest BCUT2D eigenvalue weighted by atomic mass is 9.93. The molecule has 0 aromatic heterocycles. The third kappa shape index (κ3) is 5.17. The molecule has 1 aliphatic heterocycles. The maximum absolute atomic E-state index is 12.2. The summed E-state index contributed by atoms with van der Waals surface area (Å²) < 4.78 is 0. The summed E-state index contributed by atoms with van der Waals surface area (Å²) >= 11 is 6.12. The van der Waals surface area contributed by atoms with Gasteiger partial charge in [0.05, 0.1) is 0 Å². The second-order valence-corrected chi connectivity index (χ2v) is 6.03. The number of carbonyl (C=O) groups is 1. The van der Waals surface area contributed by atoms with Gasteiger partial charge in [-0.05, 0) is 62.9 Å². The van der Waals surface area contributed by atoms with E-state index in [1.807, 2.05) is 32.2 Å². The first-order valence-corrected chi connectivity index (χ1v) is 7.69. The molecule has 0 atom stereocenters. The first kappa shape index (κ1) is 18.3. The minimum absolute atomic E-state index is 0. The number of aryl methyl sites for hydroxylation is 1. The Hall–Kier alpha value is -0.770. The van der Waals surface area contributed by atoms with E-state index in [0.29, 0.717) is 17.4 Å². The summed E-state index contributed by atoms with van der Waals surface area (Å²) in [4.78, 5) is 14.0. The highest BCUT2D eigenvalue weighted by atomic mass is 35.5. The molecule has 1 heterocycles. The predicted molar refractivity (Wildman–Crippen MR) is 91.7 cm³/mol. The van der Waals surface area contributed by atoms with Gasteiger partial charge >= 0.3 is 0 Å². The van der Waals surface area contributed by atoms with Gasteiger partial charge in [-0.15, -0.1) is 12.4 Å². The smallest absolute Gasteiger partial charge is 0.226 e. The number of anilines is 1. The molecule has 21 heavy (non-hydrogen) atoms. The Bertz CT molecular complexity index is 473. The van der Waals surface area contributed by atoms with Gasteiger partial charge in [-0.25, -0.2) is 0 Å². The average molecular weight is 331 g/mol. The third-order valence-corrected chi connectivity index (χ3v) is 4.55. The average Bonchev–Trinajstić information content (AvgIpc) is 2.48. The molecule has 0 spiro atoms. The fourth-order valence-corrected chi connectivity index (χ4v) is 2.77. The Morgan fingerprint density at radius 2 is 2.05 bits per heavy atom. The van der Waals surface area contributed by atoms with Crippen LogP contribution >= 0.6 is 24.0 Å². The zero-order chi connectivity index (χ0) is 14.5. The summed E-state index contributed by atoms with van der Waals surface area (Å²) in [6, 6.07) is 5.76. The van der Waals surface area contributed by atoms with Gasteiger partial charge in [0.1, 0.15) is 0 Å². The minimum atomic E-state index is 0. The van der Waals surface area contributed by atoms with Gasteiger partial charge in [-0.1, -0.05) is 17.7 Å². The van der Waals surface area contributed by atoms with Gasteiger partial charge in [-0.3, -0.25) is 4.79 Å². The van der Waals surface area contributed by atoms with Crippen LogP contribution in [0.5, 0.6) is 0 Å². The highest BCUT2D eigenvalue weighted by Crippen LogP contribution is 2.24. The van der Waals surface area contributed by atoms with E-state index in [2.05, 4.69) is 5.32 Å². The molecule has 1 aromatic carbocycles.